The van der Waals surface area contributed by atoms with E-state index in [9.17, 15) is 4.79 Å². The number of benzene rings is 2. The van der Waals surface area contributed by atoms with Crippen molar-refractivity contribution in [1.82, 2.24) is 0 Å². The predicted octanol–water partition coefficient (Wildman–Crippen LogP) is 4.48. The number of hydrogen-bond acceptors (Lipinski definition) is 3. The molecule has 24 heavy (non-hydrogen) atoms. The summed E-state index contributed by atoms with van der Waals surface area (Å²) in [7, 11) is 3.19. The van der Waals surface area contributed by atoms with Crippen LogP contribution in [0.4, 0.5) is 5.69 Å². The molecule has 0 aliphatic rings. The molecule has 2 rings (SSSR count). The van der Waals surface area contributed by atoms with Gasteiger partial charge in [0.1, 0.15) is 11.5 Å². The number of rotatable bonds is 6. The van der Waals surface area contributed by atoms with Crippen LogP contribution in [0, 0.1) is 0 Å². The highest BCUT2D eigenvalue weighted by Gasteiger charge is 2.08. The second-order valence-electron chi connectivity index (χ2n) is 5.67. The Balaban J connectivity index is 2.14. The summed E-state index contributed by atoms with van der Waals surface area (Å²) >= 11 is 0. The van der Waals surface area contributed by atoms with Crippen LogP contribution in [0.3, 0.4) is 0 Å². The van der Waals surface area contributed by atoms with Crippen LogP contribution in [0.25, 0.3) is 6.08 Å². The van der Waals surface area contributed by atoms with Crippen molar-refractivity contribution in [3.63, 3.8) is 0 Å². The minimum atomic E-state index is -0.180. The maximum absolute atomic E-state index is 12.2. The van der Waals surface area contributed by atoms with Crippen molar-refractivity contribution < 1.29 is 14.3 Å². The van der Waals surface area contributed by atoms with E-state index in [-0.39, 0.29) is 5.91 Å². The number of para-hydroxylation sites is 1. The average Bonchev–Trinajstić information content (AvgIpc) is 2.60. The summed E-state index contributed by atoms with van der Waals surface area (Å²) < 4.78 is 10.5. The largest absolute Gasteiger partial charge is 0.497 e. The molecular weight excluding hydrogens is 302 g/mol. The third-order valence-electron chi connectivity index (χ3n) is 3.70. The number of hydrogen-bond donors (Lipinski definition) is 1. The summed E-state index contributed by atoms with van der Waals surface area (Å²) in [6.07, 6.45) is 3.23. The van der Waals surface area contributed by atoms with Gasteiger partial charge < -0.3 is 14.8 Å². The van der Waals surface area contributed by atoms with Gasteiger partial charge in [0.25, 0.3) is 0 Å². The zero-order chi connectivity index (χ0) is 17.5. The number of anilines is 1. The van der Waals surface area contributed by atoms with Gasteiger partial charge in [-0.05, 0) is 35.8 Å². The first-order valence-electron chi connectivity index (χ1n) is 7.85. The second-order valence-corrected chi connectivity index (χ2v) is 5.67. The Hall–Kier alpha value is -2.75. The SMILES string of the molecule is COc1ccc(C=CC(=O)Nc2ccccc2C(C)C)c(OC)c1. The van der Waals surface area contributed by atoms with Crippen LogP contribution in [0.15, 0.2) is 48.5 Å². The number of amides is 1. The summed E-state index contributed by atoms with van der Waals surface area (Å²) in [5.41, 5.74) is 2.76. The number of carbonyl (C=O) groups is 1. The Bertz CT molecular complexity index is 735. The molecule has 0 aliphatic carbocycles. The topological polar surface area (TPSA) is 47.6 Å². The predicted molar refractivity (Wildman–Crippen MR) is 97.7 cm³/mol. The summed E-state index contributed by atoms with van der Waals surface area (Å²) in [5.74, 6) is 1.52. The van der Waals surface area contributed by atoms with Crippen molar-refractivity contribution in [1.29, 1.82) is 0 Å². The van der Waals surface area contributed by atoms with Gasteiger partial charge in [0.05, 0.1) is 14.2 Å². The minimum Gasteiger partial charge on any atom is -0.497 e. The fourth-order valence-electron chi connectivity index (χ4n) is 2.41. The van der Waals surface area contributed by atoms with E-state index in [2.05, 4.69) is 19.2 Å². The molecule has 2 aromatic carbocycles. The van der Waals surface area contributed by atoms with Gasteiger partial charge in [0.2, 0.25) is 5.91 Å². The number of carbonyl (C=O) groups excluding carboxylic acids is 1. The van der Waals surface area contributed by atoms with Gasteiger partial charge in [-0.25, -0.2) is 0 Å². The molecule has 2 aromatic rings. The molecule has 0 saturated heterocycles. The Morgan fingerprint density at radius 3 is 2.50 bits per heavy atom. The maximum atomic E-state index is 12.2. The molecule has 0 spiro atoms. The Labute approximate surface area is 143 Å². The molecule has 0 aliphatic heterocycles. The normalized spacial score (nSPS) is 10.9. The number of ether oxygens (including phenoxy) is 2. The molecule has 126 valence electrons. The third-order valence-corrected chi connectivity index (χ3v) is 3.70. The van der Waals surface area contributed by atoms with E-state index < -0.39 is 0 Å². The minimum absolute atomic E-state index is 0.180. The average molecular weight is 325 g/mol. The molecule has 4 nitrogen and oxygen atoms in total. The smallest absolute Gasteiger partial charge is 0.248 e. The Kier molecular flexibility index (Phi) is 6.01. The maximum Gasteiger partial charge on any atom is 0.248 e. The van der Waals surface area contributed by atoms with Gasteiger partial charge in [-0.2, -0.15) is 0 Å². The molecule has 1 N–H and O–H groups in total. The van der Waals surface area contributed by atoms with Crippen LogP contribution in [-0.4, -0.2) is 20.1 Å². The Morgan fingerprint density at radius 2 is 1.83 bits per heavy atom. The molecule has 0 fully saturated rings. The van der Waals surface area contributed by atoms with Crippen LogP contribution in [0.2, 0.25) is 0 Å². The van der Waals surface area contributed by atoms with Crippen LogP contribution in [0.5, 0.6) is 11.5 Å². The molecule has 4 heteroatoms. The zero-order valence-corrected chi connectivity index (χ0v) is 14.5. The first-order chi connectivity index (χ1) is 11.5. The van der Waals surface area contributed by atoms with E-state index in [4.69, 9.17) is 9.47 Å². The van der Waals surface area contributed by atoms with E-state index in [1.165, 1.54) is 6.08 Å². The number of nitrogens with one attached hydrogen (secondary N) is 1. The standard InChI is InChI=1S/C20H23NO3/c1-14(2)17-7-5-6-8-18(17)21-20(22)12-10-15-9-11-16(23-3)13-19(15)24-4/h5-14H,1-4H3,(H,21,22). The lowest BCUT2D eigenvalue weighted by Crippen LogP contribution is -2.10. The van der Waals surface area contributed by atoms with Crippen LogP contribution >= 0.6 is 0 Å². The fraction of sp³-hybridized carbons (Fsp3) is 0.250. The van der Waals surface area contributed by atoms with E-state index in [0.717, 1.165) is 16.8 Å². The van der Waals surface area contributed by atoms with Crippen molar-refractivity contribution in [2.75, 3.05) is 19.5 Å². The van der Waals surface area contributed by atoms with E-state index in [1.54, 1.807) is 26.4 Å². The van der Waals surface area contributed by atoms with Crippen molar-refractivity contribution in [3.05, 3.63) is 59.7 Å². The van der Waals surface area contributed by atoms with Crippen LogP contribution in [-0.2, 0) is 4.79 Å². The molecule has 0 aromatic heterocycles. The van der Waals surface area contributed by atoms with Gasteiger partial charge in [0, 0.05) is 23.4 Å². The summed E-state index contributed by atoms with van der Waals surface area (Å²) in [4.78, 5) is 12.2. The van der Waals surface area contributed by atoms with Crippen LogP contribution in [0.1, 0.15) is 30.9 Å². The Morgan fingerprint density at radius 1 is 1.08 bits per heavy atom. The molecule has 0 saturated carbocycles. The molecule has 0 unspecified atom stereocenters. The van der Waals surface area contributed by atoms with Gasteiger partial charge in [0.15, 0.2) is 0 Å². The first-order valence-corrected chi connectivity index (χ1v) is 7.85. The summed E-state index contributed by atoms with van der Waals surface area (Å²) in [6.45, 7) is 4.20. The molecule has 0 radical (unpaired) electrons. The lowest BCUT2D eigenvalue weighted by molar-refractivity contribution is -0.111. The van der Waals surface area contributed by atoms with E-state index >= 15 is 0 Å². The lowest BCUT2D eigenvalue weighted by atomic mass is 10.0. The number of methoxy groups -OCH3 is 2. The molecule has 1 amide bonds. The first kappa shape index (κ1) is 17.6. The quantitative estimate of drug-likeness (QED) is 0.797. The van der Waals surface area contributed by atoms with Crippen molar-refractivity contribution in [3.8, 4) is 11.5 Å². The second kappa shape index (κ2) is 8.20. The van der Waals surface area contributed by atoms with Crippen molar-refractivity contribution >= 4 is 17.7 Å². The fourth-order valence-corrected chi connectivity index (χ4v) is 2.41. The summed E-state index contributed by atoms with van der Waals surface area (Å²) in [6, 6.07) is 13.3. The van der Waals surface area contributed by atoms with Gasteiger partial charge in [-0.15, -0.1) is 0 Å². The molecular formula is C20H23NO3. The van der Waals surface area contributed by atoms with E-state index in [1.807, 2.05) is 36.4 Å². The van der Waals surface area contributed by atoms with E-state index in [0.29, 0.717) is 17.4 Å². The highest BCUT2D eigenvalue weighted by atomic mass is 16.5. The van der Waals surface area contributed by atoms with Gasteiger partial charge >= 0.3 is 0 Å². The van der Waals surface area contributed by atoms with Crippen molar-refractivity contribution in [2.45, 2.75) is 19.8 Å². The van der Waals surface area contributed by atoms with Gasteiger partial charge in [-0.3, -0.25) is 4.79 Å². The highest BCUT2D eigenvalue weighted by Crippen LogP contribution is 2.26. The molecule has 0 atom stereocenters. The van der Waals surface area contributed by atoms with Crippen molar-refractivity contribution in [2.24, 2.45) is 0 Å². The van der Waals surface area contributed by atoms with Gasteiger partial charge in [-0.1, -0.05) is 32.0 Å². The zero-order valence-electron chi connectivity index (χ0n) is 14.5. The third kappa shape index (κ3) is 4.38. The highest BCUT2D eigenvalue weighted by molar-refractivity contribution is 6.02. The molecule has 0 bridgehead atoms. The monoisotopic (exact) mass is 325 g/mol. The van der Waals surface area contributed by atoms with Crippen LogP contribution < -0.4 is 14.8 Å². The lowest BCUT2D eigenvalue weighted by Gasteiger charge is -2.12. The molecule has 0 heterocycles. The summed E-state index contributed by atoms with van der Waals surface area (Å²) in [5, 5.41) is 2.93.